The highest BCUT2D eigenvalue weighted by molar-refractivity contribution is 6.03. The zero-order valence-electron chi connectivity index (χ0n) is 25.9. The number of anilines is 1. The highest BCUT2D eigenvalue weighted by atomic mass is 16.5. The third kappa shape index (κ3) is 4.62. The Morgan fingerprint density at radius 1 is 0.957 bits per heavy atom. The van der Waals surface area contributed by atoms with Gasteiger partial charge < -0.3 is 20.1 Å². The SMILES string of the molecule is [N-]=[N+]=NCCCNC(=O)c1ccc(C2=c3cc4c5c(c3Oc3c2cc2c6c3CCCN6CCC2)CCC[N+]=5CCC4)c(C(=O)O)c1. The van der Waals surface area contributed by atoms with Crippen LogP contribution in [0, 0.1) is 0 Å². The first kappa shape index (κ1) is 28.6. The highest BCUT2D eigenvalue weighted by Crippen LogP contribution is 2.48. The quantitative estimate of drug-likeness (QED) is 0.105. The molecular formula is C36H37N6O4+. The second-order valence-corrected chi connectivity index (χ2v) is 13.0. The molecule has 0 fully saturated rings. The van der Waals surface area contributed by atoms with Crippen LogP contribution in [0.15, 0.2) is 35.4 Å². The number of ether oxygens (including phenoxy) is 1. The van der Waals surface area contributed by atoms with Crippen LogP contribution < -0.4 is 30.1 Å². The van der Waals surface area contributed by atoms with Crippen LogP contribution >= 0.6 is 0 Å². The Bertz CT molecular complexity index is 2010. The number of aromatic carboxylic acids is 1. The molecule has 0 atom stereocenters. The molecule has 10 heteroatoms. The van der Waals surface area contributed by atoms with Crippen molar-refractivity contribution in [2.24, 2.45) is 5.11 Å². The summed E-state index contributed by atoms with van der Waals surface area (Å²) in [5.74, 6) is 0.307. The Balaban J connectivity index is 1.37. The number of rotatable bonds is 7. The Morgan fingerprint density at radius 2 is 1.74 bits per heavy atom. The van der Waals surface area contributed by atoms with E-state index in [1.54, 1.807) is 12.1 Å². The van der Waals surface area contributed by atoms with E-state index < -0.39 is 5.97 Å². The van der Waals surface area contributed by atoms with E-state index in [1.165, 1.54) is 39.4 Å². The van der Waals surface area contributed by atoms with Crippen molar-refractivity contribution in [1.82, 2.24) is 9.89 Å². The number of azide groups is 1. The zero-order valence-corrected chi connectivity index (χ0v) is 25.9. The van der Waals surface area contributed by atoms with Crippen LogP contribution in [0.3, 0.4) is 0 Å². The Morgan fingerprint density at radius 3 is 2.57 bits per heavy atom. The molecule has 46 heavy (non-hydrogen) atoms. The maximum Gasteiger partial charge on any atom is 0.336 e. The minimum Gasteiger partial charge on any atom is -0.478 e. The molecule has 0 unspecified atom stereocenters. The van der Waals surface area contributed by atoms with Gasteiger partial charge in [0.05, 0.1) is 11.1 Å². The number of amides is 1. The summed E-state index contributed by atoms with van der Waals surface area (Å²) in [7, 11) is 0. The fraction of sp³-hybridized carbons (Fsp3) is 0.417. The molecule has 1 amide bonds. The van der Waals surface area contributed by atoms with Gasteiger partial charge in [-0.25, -0.2) is 9.37 Å². The zero-order chi connectivity index (χ0) is 31.4. The number of nitrogens with one attached hydrogen (secondary N) is 1. The topological polar surface area (TPSA) is 131 Å². The predicted molar refractivity (Wildman–Crippen MR) is 175 cm³/mol. The van der Waals surface area contributed by atoms with E-state index in [9.17, 15) is 14.7 Å². The Hall–Kier alpha value is -4.82. The first-order valence-corrected chi connectivity index (χ1v) is 16.6. The summed E-state index contributed by atoms with van der Waals surface area (Å²) in [6, 6.07) is 9.55. The standard InChI is InChI=1S/C36H36N6O4/c37-40-39-13-5-12-38-35(43)23-10-11-24(27(20-23)36(44)45)30-28-18-21-6-1-14-41-16-3-8-25(31(21)41)33(28)46-34-26-9-4-17-42-15-2-7-22(32(26)42)19-29(30)34/h10-11,18-20H,1-9,12-17H2,(H-,38,43,44,45)/p+1. The molecule has 10 nitrogen and oxygen atoms in total. The minimum absolute atomic E-state index is 0.0940. The van der Waals surface area contributed by atoms with Gasteiger partial charge in [0, 0.05) is 82.7 Å². The van der Waals surface area contributed by atoms with Gasteiger partial charge in [0.1, 0.15) is 24.6 Å². The average molecular weight is 618 g/mol. The Kier molecular flexibility index (Phi) is 7.17. The second kappa shape index (κ2) is 11.5. The molecule has 2 N–H and O–H groups in total. The first-order chi connectivity index (χ1) is 22.5. The summed E-state index contributed by atoms with van der Waals surface area (Å²) in [6.45, 7) is 4.82. The van der Waals surface area contributed by atoms with Gasteiger partial charge in [-0.05, 0) is 85.9 Å². The third-order valence-corrected chi connectivity index (χ3v) is 10.3. The van der Waals surface area contributed by atoms with Gasteiger partial charge in [0.2, 0.25) is 5.36 Å². The van der Waals surface area contributed by atoms with Crippen molar-refractivity contribution in [2.45, 2.75) is 57.8 Å². The normalized spacial score (nSPS) is 17.1. The van der Waals surface area contributed by atoms with Gasteiger partial charge in [0.25, 0.3) is 5.91 Å². The van der Waals surface area contributed by atoms with Crippen LogP contribution in [-0.4, -0.2) is 56.3 Å². The van der Waals surface area contributed by atoms with E-state index in [1.807, 2.05) is 0 Å². The monoisotopic (exact) mass is 617 g/mol. The molecule has 5 heterocycles. The molecule has 3 aromatic carbocycles. The molecule has 234 valence electrons. The molecule has 0 saturated heterocycles. The number of carbonyl (C=O) groups is 2. The molecule has 0 aliphatic carbocycles. The van der Waals surface area contributed by atoms with Gasteiger partial charge in [0.15, 0.2) is 0 Å². The molecule has 5 aliphatic rings. The maximum absolute atomic E-state index is 13.1. The molecule has 8 rings (SSSR count). The van der Waals surface area contributed by atoms with Crippen molar-refractivity contribution >= 4 is 23.1 Å². The van der Waals surface area contributed by atoms with E-state index in [0.29, 0.717) is 18.5 Å². The van der Waals surface area contributed by atoms with Crippen molar-refractivity contribution in [2.75, 3.05) is 44.2 Å². The first-order valence-electron chi connectivity index (χ1n) is 16.6. The Labute approximate surface area is 266 Å². The van der Waals surface area contributed by atoms with Gasteiger partial charge in [-0.2, -0.15) is 0 Å². The molecule has 3 aromatic rings. The van der Waals surface area contributed by atoms with Crippen LogP contribution in [0.25, 0.3) is 16.0 Å². The lowest BCUT2D eigenvalue weighted by molar-refractivity contribution is 0.0696. The minimum atomic E-state index is -1.08. The maximum atomic E-state index is 13.1. The fourth-order valence-electron chi connectivity index (χ4n) is 8.38. The van der Waals surface area contributed by atoms with Gasteiger partial charge >= 0.3 is 5.97 Å². The van der Waals surface area contributed by atoms with Crippen LogP contribution in [-0.2, 0) is 25.7 Å². The number of fused-ring (bicyclic) bond motifs is 4. The van der Waals surface area contributed by atoms with Crippen LogP contribution in [0.4, 0.5) is 5.69 Å². The van der Waals surface area contributed by atoms with Crippen LogP contribution in [0.1, 0.15) is 86.2 Å². The number of carboxylic acid groups (broad SMARTS) is 1. The van der Waals surface area contributed by atoms with Gasteiger partial charge in [-0.1, -0.05) is 11.2 Å². The summed E-state index contributed by atoms with van der Waals surface area (Å²) in [4.78, 5) is 31.3. The number of benzene rings is 3. The molecule has 0 spiro atoms. The molecule has 0 bridgehead atoms. The third-order valence-electron chi connectivity index (χ3n) is 10.3. The van der Waals surface area contributed by atoms with E-state index in [0.717, 1.165) is 105 Å². The van der Waals surface area contributed by atoms with Crippen molar-refractivity contribution in [3.05, 3.63) is 95.9 Å². The number of hydrogen-bond acceptors (Lipinski definition) is 5. The predicted octanol–water partition coefficient (Wildman–Crippen LogP) is 4.25. The van der Waals surface area contributed by atoms with E-state index in [-0.39, 0.29) is 23.6 Å². The van der Waals surface area contributed by atoms with E-state index in [2.05, 4.69) is 37.0 Å². The van der Waals surface area contributed by atoms with E-state index >= 15 is 0 Å². The summed E-state index contributed by atoms with van der Waals surface area (Å²) < 4.78 is 9.60. The van der Waals surface area contributed by atoms with Crippen LogP contribution in [0.2, 0.25) is 0 Å². The average Bonchev–Trinajstić information content (AvgIpc) is 3.08. The summed E-state index contributed by atoms with van der Waals surface area (Å²) in [6.07, 6.45) is 8.65. The number of nitrogens with zero attached hydrogens (tertiary/aromatic N) is 5. The lowest BCUT2D eigenvalue weighted by atomic mass is 9.81. The largest absolute Gasteiger partial charge is 0.478 e. The molecule has 0 radical (unpaired) electrons. The summed E-state index contributed by atoms with van der Waals surface area (Å²) >= 11 is 0. The molecule has 5 aliphatic heterocycles. The molecule has 0 saturated carbocycles. The van der Waals surface area contributed by atoms with Crippen molar-refractivity contribution in [1.29, 1.82) is 0 Å². The summed E-state index contributed by atoms with van der Waals surface area (Å²) in [5.41, 5.74) is 17.7. The number of aryl methyl sites for hydroxylation is 2. The van der Waals surface area contributed by atoms with Gasteiger partial charge in [-0.3, -0.25) is 4.79 Å². The lowest BCUT2D eigenvalue weighted by Crippen LogP contribution is -2.45. The molecule has 0 aromatic heterocycles. The highest BCUT2D eigenvalue weighted by Gasteiger charge is 2.36. The smallest absolute Gasteiger partial charge is 0.336 e. The van der Waals surface area contributed by atoms with Crippen molar-refractivity contribution < 1.29 is 19.4 Å². The number of carbonyl (C=O) groups excluding carboxylic acids is 1. The van der Waals surface area contributed by atoms with Crippen LogP contribution in [0.5, 0.6) is 11.5 Å². The summed E-state index contributed by atoms with van der Waals surface area (Å²) in [5, 5.41) is 19.2. The van der Waals surface area contributed by atoms with Crippen molar-refractivity contribution in [3.63, 3.8) is 0 Å². The second-order valence-electron chi connectivity index (χ2n) is 13.0. The number of carboxylic acids is 1. The molecular weight excluding hydrogens is 580 g/mol. The lowest BCUT2D eigenvalue weighted by Gasteiger charge is -2.39. The number of hydrogen-bond donors (Lipinski definition) is 2. The fourth-order valence-corrected chi connectivity index (χ4v) is 8.38. The van der Waals surface area contributed by atoms with Gasteiger partial charge in [-0.15, -0.1) is 0 Å². The van der Waals surface area contributed by atoms with E-state index in [4.69, 9.17) is 10.3 Å². The van der Waals surface area contributed by atoms with Crippen molar-refractivity contribution in [3.8, 4) is 11.5 Å².